The van der Waals surface area contributed by atoms with Crippen molar-refractivity contribution in [2.24, 2.45) is 0 Å². The van der Waals surface area contributed by atoms with Gasteiger partial charge in [0.15, 0.2) is 0 Å². The van der Waals surface area contributed by atoms with Crippen molar-refractivity contribution in [2.75, 3.05) is 19.6 Å². The average Bonchev–Trinajstić information content (AvgIpc) is 3.16. The van der Waals surface area contributed by atoms with Crippen molar-refractivity contribution in [1.29, 1.82) is 0 Å². The molecule has 3 rings (SSSR count). The molecule has 3 heteroatoms. The largest absolute Gasteiger partial charge is 0.338 e. The van der Waals surface area contributed by atoms with E-state index in [4.69, 9.17) is 0 Å². The van der Waals surface area contributed by atoms with Crippen molar-refractivity contribution >= 4 is 12.0 Å². The molecule has 118 valence electrons. The number of hydrogen-bond acceptors (Lipinski definition) is 2. The summed E-state index contributed by atoms with van der Waals surface area (Å²) in [5, 5.41) is 0. The summed E-state index contributed by atoms with van der Waals surface area (Å²) in [6.45, 7) is 4.81. The topological polar surface area (TPSA) is 23.6 Å². The lowest BCUT2D eigenvalue weighted by molar-refractivity contribution is -0.130. The Balaban J connectivity index is 1.61. The first-order valence-corrected chi connectivity index (χ1v) is 8.48. The number of carbonyl (C=O) groups is 1. The summed E-state index contributed by atoms with van der Waals surface area (Å²) >= 11 is 0. The van der Waals surface area contributed by atoms with Crippen molar-refractivity contribution in [1.82, 2.24) is 9.80 Å². The van der Waals surface area contributed by atoms with Crippen molar-refractivity contribution in [2.45, 2.75) is 44.7 Å². The number of amides is 1. The molecule has 1 aromatic rings. The van der Waals surface area contributed by atoms with Gasteiger partial charge in [0, 0.05) is 32.1 Å². The monoisotopic (exact) mass is 298 g/mol. The number of hydrogen-bond donors (Lipinski definition) is 0. The molecular formula is C19H26N2O. The average molecular weight is 298 g/mol. The molecule has 22 heavy (non-hydrogen) atoms. The number of likely N-dealkylation sites (tertiary alicyclic amines) is 2. The van der Waals surface area contributed by atoms with E-state index in [1.807, 2.05) is 6.07 Å². The lowest BCUT2D eigenvalue weighted by Gasteiger charge is -2.34. The molecule has 2 atom stereocenters. The van der Waals surface area contributed by atoms with Crippen LogP contribution >= 0.6 is 0 Å². The molecular weight excluding hydrogens is 272 g/mol. The second kappa shape index (κ2) is 7.10. The molecule has 0 spiro atoms. The Morgan fingerprint density at radius 3 is 2.64 bits per heavy atom. The molecule has 0 saturated carbocycles. The van der Waals surface area contributed by atoms with Gasteiger partial charge in [-0.05, 0) is 37.8 Å². The Labute approximate surface area is 133 Å². The predicted octanol–water partition coefficient (Wildman–Crippen LogP) is 3.18. The SMILES string of the molecule is CC(=O)N1CCC[C@@H]1[C@H]1CCCN1C/C=C\c1ccccc1. The zero-order valence-corrected chi connectivity index (χ0v) is 13.4. The van der Waals surface area contributed by atoms with E-state index in [0.29, 0.717) is 12.1 Å². The summed E-state index contributed by atoms with van der Waals surface area (Å²) in [5.41, 5.74) is 1.25. The van der Waals surface area contributed by atoms with Crippen LogP contribution in [0.15, 0.2) is 36.4 Å². The van der Waals surface area contributed by atoms with Crippen LogP contribution in [0.1, 0.15) is 38.2 Å². The minimum absolute atomic E-state index is 0.245. The Kier molecular flexibility index (Phi) is 4.94. The summed E-state index contributed by atoms with van der Waals surface area (Å²) in [6.07, 6.45) is 9.28. The summed E-state index contributed by atoms with van der Waals surface area (Å²) in [4.78, 5) is 16.5. The lowest BCUT2D eigenvalue weighted by atomic mass is 10.0. The zero-order chi connectivity index (χ0) is 15.4. The Morgan fingerprint density at radius 1 is 1.14 bits per heavy atom. The first kappa shape index (κ1) is 15.3. The van der Waals surface area contributed by atoms with Crippen LogP contribution in [0.3, 0.4) is 0 Å². The second-order valence-corrected chi connectivity index (χ2v) is 6.44. The van der Waals surface area contributed by atoms with Crippen LogP contribution in [-0.2, 0) is 4.79 Å². The molecule has 2 saturated heterocycles. The minimum Gasteiger partial charge on any atom is -0.338 e. The van der Waals surface area contributed by atoms with Crippen LogP contribution in [0.5, 0.6) is 0 Å². The molecule has 2 heterocycles. The number of rotatable bonds is 4. The van der Waals surface area contributed by atoms with E-state index >= 15 is 0 Å². The fourth-order valence-corrected chi connectivity index (χ4v) is 3.99. The van der Waals surface area contributed by atoms with Crippen molar-refractivity contribution in [3.8, 4) is 0 Å². The Morgan fingerprint density at radius 2 is 1.86 bits per heavy atom. The van der Waals surface area contributed by atoms with Crippen molar-refractivity contribution < 1.29 is 4.79 Å². The third-order valence-electron chi connectivity index (χ3n) is 5.01. The van der Waals surface area contributed by atoms with E-state index in [2.05, 4.69) is 46.2 Å². The highest BCUT2D eigenvalue weighted by atomic mass is 16.2. The maximum Gasteiger partial charge on any atom is 0.219 e. The molecule has 0 N–H and O–H groups in total. The zero-order valence-electron chi connectivity index (χ0n) is 13.4. The van der Waals surface area contributed by atoms with Gasteiger partial charge < -0.3 is 4.90 Å². The Hall–Kier alpha value is -1.61. The molecule has 2 fully saturated rings. The molecule has 3 nitrogen and oxygen atoms in total. The predicted molar refractivity (Wildman–Crippen MR) is 90.5 cm³/mol. The van der Waals surface area contributed by atoms with E-state index in [-0.39, 0.29) is 5.91 Å². The second-order valence-electron chi connectivity index (χ2n) is 6.44. The summed E-state index contributed by atoms with van der Waals surface area (Å²) in [7, 11) is 0. The minimum atomic E-state index is 0.245. The fourth-order valence-electron chi connectivity index (χ4n) is 3.99. The number of benzene rings is 1. The highest BCUT2D eigenvalue weighted by Crippen LogP contribution is 2.29. The summed E-state index contributed by atoms with van der Waals surface area (Å²) in [5.74, 6) is 0.245. The maximum absolute atomic E-state index is 11.8. The number of carbonyl (C=O) groups excluding carboxylic acids is 1. The smallest absolute Gasteiger partial charge is 0.219 e. The van der Waals surface area contributed by atoms with Gasteiger partial charge in [-0.3, -0.25) is 9.69 Å². The van der Waals surface area contributed by atoms with Gasteiger partial charge in [0.2, 0.25) is 5.91 Å². The van der Waals surface area contributed by atoms with Gasteiger partial charge in [-0.25, -0.2) is 0 Å². The highest BCUT2D eigenvalue weighted by molar-refractivity contribution is 5.74. The molecule has 0 radical (unpaired) electrons. The van der Waals surface area contributed by atoms with Crippen LogP contribution in [0.4, 0.5) is 0 Å². The van der Waals surface area contributed by atoms with Gasteiger partial charge >= 0.3 is 0 Å². The third-order valence-corrected chi connectivity index (χ3v) is 5.01. The molecule has 0 aliphatic carbocycles. The van der Waals surface area contributed by atoms with E-state index in [1.54, 1.807) is 6.92 Å². The maximum atomic E-state index is 11.8. The molecule has 2 aliphatic heterocycles. The molecule has 1 aromatic carbocycles. The highest BCUT2D eigenvalue weighted by Gasteiger charge is 2.38. The van der Waals surface area contributed by atoms with Crippen LogP contribution < -0.4 is 0 Å². The molecule has 1 amide bonds. The van der Waals surface area contributed by atoms with Gasteiger partial charge in [0.25, 0.3) is 0 Å². The van der Waals surface area contributed by atoms with E-state index in [1.165, 1.54) is 24.8 Å². The van der Waals surface area contributed by atoms with Crippen molar-refractivity contribution in [3.63, 3.8) is 0 Å². The summed E-state index contributed by atoms with van der Waals surface area (Å²) in [6, 6.07) is 11.4. The quantitative estimate of drug-likeness (QED) is 0.852. The van der Waals surface area contributed by atoms with Crippen LogP contribution in [-0.4, -0.2) is 47.4 Å². The first-order valence-electron chi connectivity index (χ1n) is 8.48. The van der Waals surface area contributed by atoms with E-state index in [9.17, 15) is 4.79 Å². The van der Waals surface area contributed by atoms with Gasteiger partial charge in [0.05, 0.1) is 0 Å². The standard InChI is InChI=1S/C19H26N2O/c1-16(22)21-15-7-12-19(21)18-11-6-14-20(18)13-5-10-17-8-3-2-4-9-17/h2-5,8-10,18-19H,6-7,11-15H2,1H3/b10-5-/t18-,19-/m1/s1. The van der Waals surface area contributed by atoms with Gasteiger partial charge in [-0.2, -0.15) is 0 Å². The molecule has 0 aromatic heterocycles. The van der Waals surface area contributed by atoms with Gasteiger partial charge in [0.1, 0.15) is 0 Å². The van der Waals surface area contributed by atoms with Crippen LogP contribution in [0.25, 0.3) is 6.08 Å². The normalized spacial score (nSPS) is 26.1. The number of nitrogens with zero attached hydrogens (tertiary/aromatic N) is 2. The summed E-state index contributed by atoms with van der Waals surface area (Å²) < 4.78 is 0. The van der Waals surface area contributed by atoms with Crippen LogP contribution in [0, 0.1) is 0 Å². The van der Waals surface area contributed by atoms with E-state index < -0.39 is 0 Å². The van der Waals surface area contributed by atoms with Crippen LogP contribution in [0.2, 0.25) is 0 Å². The first-order chi connectivity index (χ1) is 10.8. The fraction of sp³-hybridized carbons (Fsp3) is 0.526. The third kappa shape index (κ3) is 3.41. The molecule has 0 unspecified atom stereocenters. The Bertz CT molecular complexity index is 525. The van der Waals surface area contributed by atoms with E-state index in [0.717, 1.165) is 26.1 Å². The molecule has 0 bridgehead atoms. The van der Waals surface area contributed by atoms with Crippen molar-refractivity contribution in [3.05, 3.63) is 42.0 Å². The van der Waals surface area contributed by atoms with Gasteiger partial charge in [-0.15, -0.1) is 0 Å². The van der Waals surface area contributed by atoms with Gasteiger partial charge in [-0.1, -0.05) is 42.5 Å². The lowest BCUT2D eigenvalue weighted by Crippen LogP contribution is -2.47. The molecule has 2 aliphatic rings.